The van der Waals surface area contributed by atoms with Crippen LogP contribution in [0.15, 0.2) is 0 Å². The van der Waals surface area contributed by atoms with Gasteiger partial charge in [0.15, 0.2) is 0 Å². The summed E-state index contributed by atoms with van der Waals surface area (Å²) in [6, 6.07) is 0.509. The third-order valence-corrected chi connectivity index (χ3v) is 2.80. The molecule has 3 heteroatoms. The minimum absolute atomic E-state index is 0.119. The summed E-state index contributed by atoms with van der Waals surface area (Å²) < 4.78 is 0. The van der Waals surface area contributed by atoms with E-state index in [1.54, 1.807) is 0 Å². The summed E-state index contributed by atoms with van der Waals surface area (Å²) in [6.07, 6.45) is 4.53. The molecule has 0 spiro atoms. The van der Waals surface area contributed by atoms with Gasteiger partial charge in [0.05, 0.1) is 0 Å². The summed E-state index contributed by atoms with van der Waals surface area (Å²) in [6.45, 7) is 5.38. The quantitative estimate of drug-likeness (QED) is 0.700. The van der Waals surface area contributed by atoms with Crippen molar-refractivity contribution in [1.82, 2.24) is 4.90 Å². The van der Waals surface area contributed by atoms with Crippen LogP contribution < -0.4 is 0 Å². The van der Waals surface area contributed by atoms with E-state index in [9.17, 15) is 4.79 Å². The third-order valence-electron chi connectivity index (χ3n) is 2.80. The van der Waals surface area contributed by atoms with Crippen LogP contribution in [0.5, 0.6) is 0 Å². The Kier molecular flexibility index (Phi) is 5.09. The highest BCUT2D eigenvalue weighted by molar-refractivity contribution is 5.76. The predicted molar refractivity (Wildman–Crippen MR) is 60.5 cm³/mol. The molecule has 0 aromatic rings. The minimum atomic E-state index is 0.119. The number of hydrogen-bond acceptors (Lipinski definition) is 2. The zero-order valence-electron chi connectivity index (χ0n) is 9.91. The summed E-state index contributed by atoms with van der Waals surface area (Å²) in [5.74, 6) is 0.879. The van der Waals surface area contributed by atoms with E-state index < -0.39 is 0 Å². The lowest BCUT2D eigenvalue weighted by Crippen LogP contribution is -2.34. The molecule has 0 atom stereocenters. The normalized spacial score (nSPS) is 15.7. The van der Waals surface area contributed by atoms with Gasteiger partial charge < -0.3 is 10.0 Å². The van der Waals surface area contributed by atoms with Crippen LogP contribution in [0.25, 0.3) is 0 Å². The molecule has 1 saturated carbocycles. The van der Waals surface area contributed by atoms with E-state index >= 15 is 0 Å². The van der Waals surface area contributed by atoms with Crippen molar-refractivity contribution in [2.75, 3.05) is 13.2 Å². The molecule has 0 heterocycles. The first-order valence-corrected chi connectivity index (χ1v) is 6.05. The molecule has 0 bridgehead atoms. The van der Waals surface area contributed by atoms with Crippen molar-refractivity contribution < 1.29 is 9.90 Å². The molecule has 1 N–H and O–H groups in total. The van der Waals surface area contributed by atoms with Gasteiger partial charge in [-0.25, -0.2) is 0 Å². The van der Waals surface area contributed by atoms with Gasteiger partial charge in [-0.05, 0) is 31.6 Å². The van der Waals surface area contributed by atoms with E-state index in [0.29, 0.717) is 24.8 Å². The zero-order chi connectivity index (χ0) is 11.3. The average Bonchev–Trinajstić information content (AvgIpc) is 2.98. The van der Waals surface area contributed by atoms with E-state index in [0.717, 1.165) is 13.0 Å². The summed E-state index contributed by atoms with van der Waals surface area (Å²) in [5.41, 5.74) is 0. The summed E-state index contributed by atoms with van der Waals surface area (Å²) in [7, 11) is 0. The van der Waals surface area contributed by atoms with E-state index in [1.807, 2.05) is 4.90 Å². The molecule has 0 unspecified atom stereocenters. The smallest absolute Gasteiger partial charge is 0.222 e. The number of aliphatic hydroxyl groups is 1. The number of carbonyl (C=O) groups is 1. The van der Waals surface area contributed by atoms with Crippen molar-refractivity contribution in [2.24, 2.45) is 5.92 Å². The molecule has 0 aromatic heterocycles. The van der Waals surface area contributed by atoms with Crippen molar-refractivity contribution in [1.29, 1.82) is 0 Å². The lowest BCUT2D eigenvalue weighted by molar-refractivity contribution is -0.132. The molecule has 88 valence electrons. The van der Waals surface area contributed by atoms with Crippen molar-refractivity contribution in [3.8, 4) is 0 Å². The molecule has 1 fully saturated rings. The van der Waals surface area contributed by atoms with E-state index in [1.165, 1.54) is 12.8 Å². The van der Waals surface area contributed by atoms with Crippen LogP contribution in [0.4, 0.5) is 0 Å². The van der Waals surface area contributed by atoms with Gasteiger partial charge in [0, 0.05) is 25.6 Å². The maximum absolute atomic E-state index is 11.8. The molecule has 15 heavy (non-hydrogen) atoms. The topological polar surface area (TPSA) is 40.5 Å². The van der Waals surface area contributed by atoms with E-state index in [4.69, 9.17) is 5.11 Å². The van der Waals surface area contributed by atoms with Gasteiger partial charge in [0.1, 0.15) is 0 Å². The Morgan fingerprint density at radius 3 is 2.60 bits per heavy atom. The third kappa shape index (κ3) is 4.65. The lowest BCUT2D eigenvalue weighted by atomic mass is 10.1. The second-order valence-electron chi connectivity index (χ2n) is 4.83. The number of carbonyl (C=O) groups excluding carboxylic acids is 1. The fourth-order valence-corrected chi connectivity index (χ4v) is 1.67. The van der Waals surface area contributed by atoms with Gasteiger partial charge in [-0.3, -0.25) is 4.79 Å². The lowest BCUT2D eigenvalue weighted by Gasteiger charge is -2.23. The first kappa shape index (κ1) is 12.5. The molecule has 1 amide bonds. The van der Waals surface area contributed by atoms with Crippen molar-refractivity contribution in [2.45, 2.75) is 52.0 Å². The van der Waals surface area contributed by atoms with Crippen molar-refractivity contribution in [3.63, 3.8) is 0 Å². The van der Waals surface area contributed by atoms with Crippen LogP contribution in [-0.4, -0.2) is 35.1 Å². The number of nitrogens with zero attached hydrogens (tertiary/aromatic N) is 1. The number of aliphatic hydroxyl groups excluding tert-OH is 1. The van der Waals surface area contributed by atoms with Crippen LogP contribution in [0.1, 0.15) is 46.0 Å². The summed E-state index contributed by atoms with van der Waals surface area (Å²) in [5, 5.41) is 8.70. The maximum atomic E-state index is 11.8. The Morgan fingerprint density at radius 1 is 1.47 bits per heavy atom. The van der Waals surface area contributed by atoms with Crippen LogP contribution in [0.3, 0.4) is 0 Å². The Hall–Kier alpha value is -0.570. The second-order valence-corrected chi connectivity index (χ2v) is 4.83. The van der Waals surface area contributed by atoms with Crippen LogP contribution in [0, 0.1) is 5.92 Å². The van der Waals surface area contributed by atoms with Crippen LogP contribution in [-0.2, 0) is 4.79 Å². The predicted octanol–water partition coefficient (Wildman–Crippen LogP) is 1.80. The average molecular weight is 213 g/mol. The Balaban J connectivity index is 2.32. The van der Waals surface area contributed by atoms with Crippen molar-refractivity contribution in [3.05, 3.63) is 0 Å². The number of rotatable bonds is 7. The highest BCUT2D eigenvalue weighted by Gasteiger charge is 2.31. The molecule has 1 aliphatic carbocycles. The monoisotopic (exact) mass is 213 g/mol. The summed E-state index contributed by atoms with van der Waals surface area (Å²) >= 11 is 0. The first-order valence-electron chi connectivity index (χ1n) is 6.05. The Bertz CT molecular complexity index is 200. The molecule has 0 saturated heterocycles. The molecule has 0 radical (unpaired) electrons. The highest BCUT2D eigenvalue weighted by Crippen LogP contribution is 2.28. The van der Waals surface area contributed by atoms with E-state index in [-0.39, 0.29) is 12.5 Å². The molecule has 1 rings (SSSR count). The van der Waals surface area contributed by atoms with E-state index in [2.05, 4.69) is 13.8 Å². The Morgan fingerprint density at radius 2 is 2.13 bits per heavy atom. The fourth-order valence-electron chi connectivity index (χ4n) is 1.67. The Labute approximate surface area is 92.5 Å². The minimum Gasteiger partial charge on any atom is -0.396 e. The molecule has 3 nitrogen and oxygen atoms in total. The van der Waals surface area contributed by atoms with Gasteiger partial charge in [-0.2, -0.15) is 0 Å². The van der Waals surface area contributed by atoms with Gasteiger partial charge in [-0.15, -0.1) is 0 Å². The van der Waals surface area contributed by atoms with Gasteiger partial charge in [-0.1, -0.05) is 13.8 Å². The second kappa shape index (κ2) is 6.11. The largest absolute Gasteiger partial charge is 0.396 e. The van der Waals surface area contributed by atoms with Gasteiger partial charge in [0.2, 0.25) is 5.91 Å². The summed E-state index contributed by atoms with van der Waals surface area (Å²) in [4.78, 5) is 13.8. The fraction of sp³-hybridized carbons (Fsp3) is 0.917. The molecule has 0 aliphatic heterocycles. The maximum Gasteiger partial charge on any atom is 0.222 e. The number of hydrogen-bond donors (Lipinski definition) is 1. The molecule has 0 aromatic carbocycles. The van der Waals surface area contributed by atoms with Crippen LogP contribution in [0.2, 0.25) is 0 Å². The highest BCUT2D eigenvalue weighted by atomic mass is 16.3. The zero-order valence-corrected chi connectivity index (χ0v) is 9.91. The first-order chi connectivity index (χ1) is 7.15. The van der Waals surface area contributed by atoms with Gasteiger partial charge in [0.25, 0.3) is 0 Å². The standard InChI is InChI=1S/C12H23NO2/c1-10(2)7-8-13(11-5-6-11)12(15)4-3-9-14/h10-11,14H,3-9H2,1-2H3. The van der Waals surface area contributed by atoms with Crippen LogP contribution >= 0.6 is 0 Å². The van der Waals surface area contributed by atoms with Crippen molar-refractivity contribution >= 4 is 5.91 Å². The molecular formula is C12H23NO2. The van der Waals surface area contributed by atoms with Gasteiger partial charge >= 0.3 is 0 Å². The number of amides is 1. The molecule has 1 aliphatic rings. The molecular weight excluding hydrogens is 190 g/mol. The SMILES string of the molecule is CC(C)CCN(C(=O)CCCO)C1CC1.